The smallest absolute Gasteiger partial charge is 0.0986 e. The molecule has 0 saturated heterocycles. The number of halogens is 1. The van der Waals surface area contributed by atoms with Gasteiger partial charge in [0.25, 0.3) is 0 Å². The van der Waals surface area contributed by atoms with Crippen LogP contribution in [0.5, 0.6) is 0 Å². The highest BCUT2D eigenvalue weighted by atomic mass is 35.5. The first-order valence-electron chi connectivity index (χ1n) is 7.40. The van der Waals surface area contributed by atoms with Crippen LogP contribution in [0.1, 0.15) is 30.2 Å². The molecule has 0 spiro atoms. The second-order valence-electron chi connectivity index (χ2n) is 5.06. The number of nitrogens with zero attached hydrogens (tertiary/aromatic N) is 1. The molecular formula is C18H24ClNO2. The maximum atomic E-state index is 10.8. The minimum Gasteiger partial charge on any atom is -0.395 e. The Morgan fingerprint density at radius 2 is 1.41 bits per heavy atom. The van der Waals surface area contributed by atoms with Crippen LogP contribution in [0.15, 0.2) is 60.7 Å². The van der Waals surface area contributed by atoms with Crippen molar-refractivity contribution in [3.8, 4) is 0 Å². The molecule has 3 nitrogen and oxygen atoms in total. The molecular weight excluding hydrogens is 298 g/mol. The predicted octanol–water partition coefficient (Wildman–Crippen LogP) is 3.20. The summed E-state index contributed by atoms with van der Waals surface area (Å²) in [6.45, 7) is 3.44. The molecule has 4 heteroatoms. The Labute approximate surface area is 138 Å². The molecule has 0 aliphatic rings. The van der Waals surface area contributed by atoms with Crippen LogP contribution in [-0.4, -0.2) is 34.8 Å². The molecule has 0 aliphatic carbocycles. The zero-order chi connectivity index (χ0) is 15.1. The van der Waals surface area contributed by atoms with Crippen molar-refractivity contribution in [1.82, 2.24) is 4.90 Å². The molecule has 2 aromatic carbocycles. The van der Waals surface area contributed by atoms with Gasteiger partial charge in [0.15, 0.2) is 0 Å². The summed E-state index contributed by atoms with van der Waals surface area (Å²) >= 11 is 0. The second kappa shape index (κ2) is 9.59. The van der Waals surface area contributed by atoms with Gasteiger partial charge in [0, 0.05) is 6.54 Å². The maximum absolute atomic E-state index is 10.8. The number of hydrogen-bond acceptors (Lipinski definition) is 3. The molecule has 0 saturated carbocycles. The van der Waals surface area contributed by atoms with Crippen LogP contribution < -0.4 is 0 Å². The van der Waals surface area contributed by atoms with E-state index in [1.807, 2.05) is 67.6 Å². The highest BCUT2D eigenvalue weighted by Gasteiger charge is 2.27. The van der Waals surface area contributed by atoms with Gasteiger partial charge in [-0.2, -0.15) is 0 Å². The summed E-state index contributed by atoms with van der Waals surface area (Å²) in [5.41, 5.74) is 1.95. The summed E-state index contributed by atoms with van der Waals surface area (Å²) in [7, 11) is 0. The topological polar surface area (TPSA) is 43.7 Å². The van der Waals surface area contributed by atoms with Gasteiger partial charge in [-0.1, -0.05) is 67.6 Å². The third-order valence-electron chi connectivity index (χ3n) is 3.77. The average Bonchev–Trinajstić information content (AvgIpc) is 2.56. The number of hydrogen-bond donors (Lipinski definition) is 2. The average molecular weight is 322 g/mol. The summed E-state index contributed by atoms with van der Waals surface area (Å²) < 4.78 is 0. The Morgan fingerprint density at radius 3 is 1.86 bits per heavy atom. The van der Waals surface area contributed by atoms with Crippen LogP contribution in [0.4, 0.5) is 0 Å². The Bertz CT molecular complexity index is 521. The first-order valence-corrected chi connectivity index (χ1v) is 7.40. The summed E-state index contributed by atoms with van der Waals surface area (Å²) in [6.07, 6.45) is -0.625. The minimum atomic E-state index is -0.625. The zero-order valence-electron chi connectivity index (χ0n) is 12.8. The molecule has 2 atom stereocenters. The van der Waals surface area contributed by atoms with Crippen molar-refractivity contribution in [3.63, 3.8) is 0 Å². The maximum Gasteiger partial charge on any atom is 0.0986 e. The van der Waals surface area contributed by atoms with Crippen LogP contribution >= 0.6 is 12.4 Å². The molecule has 0 amide bonds. The number of likely N-dealkylation sites (N-methyl/N-ethyl adjacent to an activating group) is 1. The van der Waals surface area contributed by atoms with E-state index in [-0.39, 0.29) is 25.1 Å². The fourth-order valence-corrected chi connectivity index (χ4v) is 2.70. The van der Waals surface area contributed by atoms with E-state index in [1.54, 1.807) is 0 Å². The summed E-state index contributed by atoms with van der Waals surface area (Å²) in [4.78, 5) is 2.10. The zero-order valence-corrected chi connectivity index (χ0v) is 13.6. The van der Waals surface area contributed by atoms with Gasteiger partial charge >= 0.3 is 0 Å². The Hall–Kier alpha value is -1.39. The predicted molar refractivity (Wildman–Crippen MR) is 92.2 cm³/mol. The number of benzene rings is 2. The molecule has 2 N–H and O–H groups in total. The highest BCUT2D eigenvalue weighted by Crippen LogP contribution is 2.33. The largest absolute Gasteiger partial charge is 0.395 e. The summed E-state index contributed by atoms with van der Waals surface area (Å²) in [5, 5.41) is 20.1. The molecule has 120 valence electrons. The van der Waals surface area contributed by atoms with Crippen molar-refractivity contribution >= 4 is 12.4 Å². The molecule has 0 fully saturated rings. The molecule has 0 heterocycles. The van der Waals surface area contributed by atoms with E-state index in [0.717, 1.165) is 17.7 Å². The van der Waals surface area contributed by atoms with Gasteiger partial charge in [0.05, 0.1) is 18.8 Å². The van der Waals surface area contributed by atoms with Crippen molar-refractivity contribution in [2.24, 2.45) is 0 Å². The quantitative estimate of drug-likeness (QED) is 0.823. The Morgan fingerprint density at radius 1 is 0.909 bits per heavy atom. The first kappa shape index (κ1) is 18.7. The lowest BCUT2D eigenvalue weighted by Crippen LogP contribution is -2.35. The van der Waals surface area contributed by atoms with Crippen LogP contribution in [0, 0.1) is 0 Å². The van der Waals surface area contributed by atoms with Crippen molar-refractivity contribution < 1.29 is 10.2 Å². The standard InChI is InChI=1S/C18H23NO2.ClH/c1-2-19(13-14-20)17(15-9-5-3-6-10-15)18(21)16-11-7-4-8-12-16;/h3-12,17-18,20-21H,2,13-14H2,1H3;1H. The lowest BCUT2D eigenvalue weighted by atomic mass is 9.94. The van der Waals surface area contributed by atoms with Gasteiger partial charge in [0.1, 0.15) is 0 Å². The third kappa shape index (κ3) is 4.55. The van der Waals surface area contributed by atoms with Gasteiger partial charge in [0.2, 0.25) is 0 Å². The van der Waals surface area contributed by atoms with E-state index in [1.165, 1.54) is 0 Å². The molecule has 0 aliphatic heterocycles. The molecule has 0 aromatic heterocycles. The van der Waals surface area contributed by atoms with Crippen molar-refractivity contribution in [2.45, 2.75) is 19.1 Å². The van der Waals surface area contributed by atoms with Crippen LogP contribution in [0.2, 0.25) is 0 Å². The van der Waals surface area contributed by atoms with Gasteiger partial charge in [-0.3, -0.25) is 4.90 Å². The van der Waals surface area contributed by atoms with Gasteiger partial charge in [-0.25, -0.2) is 0 Å². The molecule has 0 radical (unpaired) electrons. The SMILES string of the molecule is CCN(CCO)C(c1ccccc1)C(O)c1ccccc1.Cl. The Balaban J connectivity index is 0.00000242. The van der Waals surface area contributed by atoms with Crippen molar-refractivity contribution in [2.75, 3.05) is 19.7 Å². The lowest BCUT2D eigenvalue weighted by Gasteiger charge is -2.34. The summed E-state index contributed by atoms with van der Waals surface area (Å²) in [6, 6.07) is 19.5. The van der Waals surface area contributed by atoms with E-state index >= 15 is 0 Å². The van der Waals surface area contributed by atoms with E-state index in [2.05, 4.69) is 4.90 Å². The molecule has 2 unspecified atom stereocenters. The molecule has 22 heavy (non-hydrogen) atoms. The minimum absolute atomic E-state index is 0. The normalized spacial score (nSPS) is 13.5. The van der Waals surface area contributed by atoms with Gasteiger partial charge in [-0.15, -0.1) is 12.4 Å². The monoisotopic (exact) mass is 321 g/mol. The third-order valence-corrected chi connectivity index (χ3v) is 3.77. The molecule has 2 rings (SSSR count). The van der Waals surface area contributed by atoms with E-state index in [9.17, 15) is 10.2 Å². The van der Waals surface area contributed by atoms with E-state index in [4.69, 9.17) is 0 Å². The van der Waals surface area contributed by atoms with Crippen LogP contribution in [0.3, 0.4) is 0 Å². The highest BCUT2D eigenvalue weighted by molar-refractivity contribution is 5.85. The Kier molecular flexibility index (Phi) is 8.13. The first-order chi connectivity index (χ1) is 10.3. The molecule has 2 aromatic rings. The van der Waals surface area contributed by atoms with Crippen molar-refractivity contribution in [1.29, 1.82) is 0 Å². The fourth-order valence-electron chi connectivity index (χ4n) is 2.70. The molecule has 0 bridgehead atoms. The van der Waals surface area contributed by atoms with Crippen LogP contribution in [0.25, 0.3) is 0 Å². The number of aliphatic hydroxyl groups is 2. The van der Waals surface area contributed by atoms with Crippen LogP contribution in [-0.2, 0) is 0 Å². The number of aliphatic hydroxyl groups excluding tert-OH is 2. The number of rotatable bonds is 7. The second-order valence-corrected chi connectivity index (χ2v) is 5.06. The van der Waals surface area contributed by atoms with E-state index in [0.29, 0.717) is 6.54 Å². The summed E-state index contributed by atoms with van der Waals surface area (Å²) in [5.74, 6) is 0. The fraction of sp³-hybridized carbons (Fsp3) is 0.333. The van der Waals surface area contributed by atoms with Gasteiger partial charge < -0.3 is 10.2 Å². The lowest BCUT2D eigenvalue weighted by molar-refractivity contribution is 0.0404. The van der Waals surface area contributed by atoms with Crippen molar-refractivity contribution in [3.05, 3.63) is 71.8 Å². The van der Waals surface area contributed by atoms with Gasteiger partial charge in [-0.05, 0) is 17.7 Å². The van der Waals surface area contributed by atoms with E-state index < -0.39 is 6.10 Å².